The van der Waals surface area contributed by atoms with Gasteiger partial charge in [0.05, 0.1) is 47.5 Å². The fraction of sp³-hybridized carbons (Fsp3) is 0.118. The molecule has 2 amide bonds. The number of hydrogen-bond donors (Lipinski definition) is 4. The summed E-state index contributed by atoms with van der Waals surface area (Å²) in [7, 11) is 2.68. The molecule has 4 aromatic carbocycles. The third-order valence-electron chi connectivity index (χ3n) is 8.96. The van der Waals surface area contributed by atoms with Crippen molar-refractivity contribution in [2.24, 2.45) is 11.5 Å². The molecule has 0 unspecified atom stereocenters. The molecule has 18 nitrogen and oxygen atoms in total. The van der Waals surface area contributed by atoms with Gasteiger partial charge in [0, 0.05) is 34.3 Å². The number of H-pyrrole nitrogens is 2. The number of primary amides is 2. The molecular formula is C34H24Cl2F2N14O4. The van der Waals surface area contributed by atoms with Crippen LogP contribution in [0.2, 0.25) is 10.0 Å². The van der Waals surface area contributed by atoms with E-state index in [0.717, 1.165) is 12.1 Å². The molecule has 8 rings (SSSR count). The number of benzene rings is 4. The summed E-state index contributed by atoms with van der Waals surface area (Å²) in [6.07, 6.45) is 0. The van der Waals surface area contributed by atoms with E-state index in [-0.39, 0.29) is 102 Å². The van der Waals surface area contributed by atoms with E-state index in [1.807, 2.05) is 0 Å². The minimum atomic E-state index is -0.786. The van der Waals surface area contributed by atoms with E-state index in [2.05, 4.69) is 41.2 Å². The molecule has 0 fully saturated rings. The lowest BCUT2D eigenvalue weighted by atomic mass is 10.0. The Morgan fingerprint density at radius 1 is 0.696 bits per heavy atom. The summed E-state index contributed by atoms with van der Waals surface area (Å²) in [5.41, 5.74) is 12.7. The molecule has 4 heterocycles. The highest BCUT2D eigenvalue weighted by Crippen LogP contribution is 2.41. The summed E-state index contributed by atoms with van der Waals surface area (Å²) in [6, 6.07) is 11.2. The van der Waals surface area contributed by atoms with Gasteiger partial charge in [0.1, 0.15) is 34.3 Å². The second kappa shape index (κ2) is 14.0. The van der Waals surface area contributed by atoms with Gasteiger partial charge in [-0.3, -0.25) is 9.59 Å². The third-order valence-corrected chi connectivity index (χ3v) is 9.40. The number of ether oxygens (including phenoxy) is 2. The number of fused-ring (bicyclic) bond motifs is 2. The van der Waals surface area contributed by atoms with Crippen LogP contribution in [0.15, 0.2) is 48.5 Å². The number of nitrogens with one attached hydrogen (secondary N) is 2. The standard InChI is InChI=1S/C34H24Cl2F2N14O4/c1-55-27-15(29(39)53)3-5-21-25(27)41-33(23-17(31-43-47-48-44-31)9-13(35)11-19(23)37)51(21)7-8-52-22-6-4-16(30(40)54)28(56-2)26(22)42-34(52)24-18(32-45-49-50-46-32)10-14(36)12-20(24)38/h3-6,9-12H,7-8H2,1-2H3,(H2,39,53)(H2,40,54)(H,43,44,47,48)(H,45,46,49,50). The second-order valence-electron chi connectivity index (χ2n) is 12.0. The molecule has 282 valence electrons. The quantitative estimate of drug-likeness (QED) is 0.140. The maximum absolute atomic E-state index is 16.3. The zero-order valence-electron chi connectivity index (χ0n) is 28.8. The summed E-state index contributed by atoms with van der Waals surface area (Å²) in [4.78, 5) is 34.5. The van der Waals surface area contributed by atoms with E-state index in [0.29, 0.717) is 11.0 Å². The van der Waals surface area contributed by atoms with Crippen molar-refractivity contribution in [1.82, 2.24) is 60.4 Å². The van der Waals surface area contributed by atoms with Crippen molar-refractivity contribution in [2.45, 2.75) is 13.1 Å². The zero-order chi connectivity index (χ0) is 39.4. The van der Waals surface area contributed by atoms with Gasteiger partial charge in [0.2, 0.25) is 11.6 Å². The molecular weight excluding hydrogens is 777 g/mol. The summed E-state index contributed by atoms with van der Waals surface area (Å²) < 4.78 is 47.1. The van der Waals surface area contributed by atoms with Crippen LogP contribution in [0.3, 0.4) is 0 Å². The Bertz CT molecular complexity index is 2670. The monoisotopic (exact) mass is 800 g/mol. The number of tetrazole rings is 2. The number of amides is 2. The van der Waals surface area contributed by atoms with Gasteiger partial charge in [-0.05, 0) is 59.0 Å². The number of nitrogens with zero attached hydrogens (tertiary/aromatic N) is 10. The molecule has 0 saturated heterocycles. The number of aryl methyl sites for hydroxylation is 2. The Balaban J connectivity index is 1.40. The predicted molar refractivity (Wildman–Crippen MR) is 197 cm³/mol. The first kappa shape index (κ1) is 35.9. The summed E-state index contributed by atoms with van der Waals surface area (Å²) >= 11 is 12.6. The number of methoxy groups -OCH3 is 2. The predicted octanol–water partition coefficient (Wildman–Crippen LogP) is 4.58. The lowest BCUT2D eigenvalue weighted by Gasteiger charge is -2.16. The zero-order valence-corrected chi connectivity index (χ0v) is 30.3. The largest absolute Gasteiger partial charge is 0.494 e. The highest BCUT2D eigenvalue weighted by molar-refractivity contribution is 6.31. The van der Waals surface area contributed by atoms with Gasteiger partial charge >= 0.3 is 0 Å². The number of aromatic amines is 2. The number of hydrogen-bond acceptors (Lipinski definition) is 12. The van der Waals surface area contributed by atoms with E-state index >= 15 is 8.78 Å². The molecule has 22 heteroatoms. The van der Waals surface area contributed by atoms with Crippen LogP contribution < -0.4 is 20.9 Å². The third kappa shape index (κ3) is 5.87. The smallest absolute Gasteiger partial charge is 0.252 e. The second-order valence-corrected chi connectivity index (χ2v) is 12.9. The van der Waals surface area contributed by atoms with Gasteiger partial charge in [-0.2, -0.15) is 10.4 Å². The normalized spacial score (nSPS) is 11.5. The van der Waals surface area contributed by atoms with Crippen LogP contribution in [0, 0.1) is 11.6 Å². The number of carbonyl (C=O) groups is 2. The number of imidazole rings is 2. The molecule has 8 aromatic rings. The molecule has 0 radical (unpaired) electrons. The first-order chi connectivity index (χ1) is 27.0. The minimum Gasteiger partial charge on any atom is -0.494 e. The van der Waals surface area contributed by atoms with Crippen LogP contribution in [0.4, 0.5) is 8.78 Å². The average Bonchev–Trinajstić information content (AvgIpc) is 3.99. The van der Waals surface area contributed by atoms with Crippen LogP contribution in [-0.2, 0) is 13.1 Å². The molecule has 6 N–H and O–H groups in total. The number of aromatic nitrogens is 12. The van der Waals surface area contributed by atoms with Gasteiger partial charge < -0.3 is 30.1 Å². The van der Waals surface area contributed by atoms with Crippen molar-refractivity contribution in [1.29, 1.82) is 0 Å². The maximum atomic E-state index is 16.3. The van der Waals surface area contributed by atoms with Crippen molar-refractivity contribution < 1.29 is 27.8 Å². The minimum absolute atomic E-state index is 0.0113. The average molecular weight is 802 g/mol. The number of rotatable bonds is 11. The van der Waals surface area contributed by atoms with Crippen LogP contribution in [-0.4, -0.2) is 86.4 Å². The van der Waals surface area contributed by atoms with Crippen molar-refractivity contribution in [2.75, 3.05) is 14.2 Å². The van der Waals surface area contributed by atoms with Crippen molar-refractivity contribution in [3.63, 3.8) is 0 Å². The van der Waals surface area contributed by atoms with Crippen molar-refractivity contribution in [3.8, 4) is 57.1 Å². The summed E-state index contributed by atoms with van der Waals surface area (Å²) in [5, 5.41) is 28.2. The first-order valence-corrected chi connectivity index (χ1v) is 17.0. The highest BCUT2D eigenvalue weighted by Gasteiger charge is 2.29. The summed E-state index contributed by atoms with van der Waals surface area (Å²) in [5.74, 6) is -2.96. The van der Waals surface area contributed by atoms with Crippen LogP contribution >= 0.6 is 23.2 Å². The Morgan fingerprint density at radius 3 is 1.45 bits per heavy atom. The fourth-order valence-electron chi connectivity index (χ4n) is 6.68. The van der Waals surface area contributed by atoms with E-state index in [9.17, 15) is 9.59 Å². The molecule has 0 aliphatic rings. The number of carbonyl (C=O) groups excluding carboxylic acids is 2. The van der Waals surface area contributed by atoms with Crippen LogP contribution in [0.25, 0.3) is 67.6 Å². The van der Waals surface area contributed by atoms with Crippen molar-refractivity contribution in [3.05, 3.63) is 81.3 Å². The first-order valence-electron chi connectivity index (χ1n) is 16.2. The lowest BCUT2D eigenvalue weighted by Crippen LogP contribution is -2.13. The lowest BCUT2D eigenvalue weighted by molar-refractivity contribution is 0.0989. The van der Waals surface area contributed by atoms with Gasteiger partial charge in [-0.15, -0.1) is 20.4 Å². The highest BCUT2D eigenvalue weighted by atomic mass is 35.5. The summed E-state index contributed by atoms with van der Waals surface area (Å²) in [6.45, 7) is -0.0481. The number of nitrogens with two attached hydrogens (primary N) is 2. The van der Waals surface area contributed by atoms with Gasteiger partial charge in [-0.25, -0.2) is 18.7 Å². The van der Waals surface area contributed by atoms with Gasteiger partial charge in [0.15, 0.2) is 11.5 Å². The molecule has 0 aliphatic carbocycles. The van der Waals surface area contributed by atoms with Crippen LogP contribution in [0.5, 0.6) is 11.5 Å². The fourth-order valence-corrected chi connectivity index (χ4v) is 7.09. The van der Waals surface area contributed by atoms with E-state index in [4.69, 9.17) is 54.1 Å². The van der Waals surface area contributed by atoms with Crippen LogP contribution in [0.1, 0.15) is 20.7 Å². The van der Waals surface area contributed by atoms with Crippen molar-refractivity contribution >= 4 is 57.1 Å². The Labute approximate surface area is 321 Å². The molecule has 0 atom stereocenters. The molecule has 4 aromatic heterocycles. The molecule has 0 bridgehead atoms. The molecule has 56 heavy (non-hydrogen) atoms. The molecule has 0 aliphatic heterocycles. The topological polar surface area (TPSA) is 249 Å². The van der Waals surface area contributed by atoms with E-state index in [1.165, 1.54) is 38.5 Å². The molecule has 0 saturated carbocycles. The van der Waals surface area contributed by atoms with E-state index < -0.39 is 23.4 Å². The SMILES string of the molecule is COc1c(C(N)=O)ccc2c1nc(-c1c(F)cc(Cl)cc1-c1nn[nH]n1)n2CCn1c(-c2c(F)cc(Cl)cc2-c2nn[nH]n2)nc2c(OC)c(C(N)=O)ccc21. The Morgan fingerprint density at radius 2 is 1.11 bits per heavy atom. The van der Waals surface area contributed by atoms with Gasteiger partial charge in [0.25, 0.3) is 11.8 Å². The van der Waals surface area contributed by atoms with Gasteiger partial charge in [-0.1, -0.05) is 23.2 Å². The number of halogens is 4. The Kier molecular flexibility index (Phi) is 8.97. The van der Waals surface area contributed by atoms with E-state index in [1.54, 1.807) is 21.3 Å². The maximum Gasteiger partial charge on any atom is 0.252 e. The Hall–Kier alpha value is -7.06. The molecule has 0 spiro atoms.